The van der Waals surface area contributed by atoms with Crippen molar-refractivity contribution in [3.05, 3.63) is 65.6 Å². The Morgan fingerprint density at radius 1 is 1.17 bits per heavy atom. The third kappa shape index (κ3) is 6.48. The van der Waals surface area contributed by atoms with Gasteiger partial charge in [0.15, 0.2) is 0 Å². The molecule has 6 N–H and O–H groups in total. The number of amides is 1. The van der Waals surface area contributed by atoms with E-state index in [2.05, 4.69) is 5.32 Å². The van der Waals surface area contributed by atoms with Gasteiger partial charge in [-0.05, 0) is 30.7 Å². The van der Waals surface area contributed by atoms with Gasteiger partial charge in [-0.1, -0.05) is 24.3 Å². The zero-order valence-corrected chi connectivity index (χ0v) is 21.3. The second-order valence-corrected chi connectivity index (χ2v) is 8.29. The van der Waals surface area contributed by atoms with Crippen LogP contribution in [0.1, 0.15) is 36.1 Å². The van der Waals surface area contributed by atoms with Crippen LogP contribution in [-0.2, 0) is 20.7 Å². The van der Waals surface area contributed by atoms with Gasteiger partial charge in [0.2, 0.25) is 5.91 Å². The summed E-state index contributed by atoms with van der Waals surface area (Å²) in [5, 5.41) is 12.3. The van der Waals surface area contributed by atoms with Crippen molar-refractivity contribution < 1.29 is 23.5 Å². The minimum absolute atomic E-state index is 0. The van der Waals surface area contributed by atoms with Crippen molar-refractivity contribution in [2.45, 2.75) is 37.8 Å². The standard InChI is InChI=1S/C25H28N4O5.2ClH/c1-2-32-25(31)20(11-22-19-8-5-15(23(26)27)9-16(19)13-33-22)14-3-6-17(7-4-14)34-18-10-21(24(28)30)29-12-18;;/h3-9,13,18,20-21,29H,2,10-12H2,1H3,(H3,26,27)(H2,28,30);2*1H/t18-,20?,21-;;/m0../s1. The molecule has 36 heavy (non-hydrogen) atoms. The average Bonchev–Trinajstić information content (AvgIpc) is 3.45. The second kappa shape index (κ2) is 12.6. The summed E-state index contributed by atoms with van der Waals surface area (Å²) < 4.78 is 17.1. The number of amidine groups is 1. The molecule has 0 aliphatic carbocycles. The number of fused-ring (bicyclic) bond motifs is 1. The lowest BCUT2D eigenvalue weighted by molar-refractivity contribution is -0.145. The van der Waals surface area contributed by atoms with E-state index in [-0.39, 0.29) is 61.3 Å². The van der Waals surface area contributed by atoms with Crippen molar-refractivity contribution in [2.75, 3.05) is 13.2 Å². The van der Waals surface area contributed by atoms with Crippen LogP contribution in [0.3, 0.4) is 0 Å². The Morgan fingerprint density at radius 2 is 1.89 bits per heavy atom. The predicted molar refractivity (Wildman–Crippen MR) is 141 cm³/mol. The van der Waals surface area contributed by atoms with Crippen LogP contribution in [0, 0.1) is 5.41 Å². The molecule has 1 fully saturated rings. The molecule has 1 saturated heterocycles. The maximum absolute atomic E-state index is 12.8. The van der Waals surface area contributed by atoms with Crippen LogP contribution in [0.15, 0.2) is 53.1 Å². The van der Waals surface area contributed by atoms with Crippen molar-refractivity contribution >= 4 is 53.3 Å². The van der Waals surface area contributed by atoms with Gasteiger partial charge in [-0.2, -0.15) is 0 Å². The molecule has 1 amide bonds. The predicted octanol–water partition coefficient (Wildman–Crippen LogP) is 3.04. The van der Waals surface area contributed by atoms with Gasteiger partial charge >= 0.3 is 5.97 Å². The van der Waals surface area contributed by atoms with Crippen molar-refractivity contribution in [1.82, 2.24) is 5.32 Å². The van der Waals surface area contributed by atoms with Crippen LogP contribution >= 0.6 is 24.8 Å². The largest absolute Gasteiger partial charge is 0.489 e. The zero-order valence-electron chi connectivity index (χ0n) is 19.7. The average molecular weight is 537 g/mol. The lowest BCUT2D eigenvalue weighted by Gasteiger charge is -2.17. The molecule has 9 nitrogen and oxygen atoms in total. The van der Waals surface area contributed by atoms with Gasteiger partial charge < -0.3 is 30.7 Å². The molecule has 0 bridgehead atoms. The van der Waals surface area contributed by atoms with Gasteiger partial charge in [0.1, 0.15) is 23.4 Å². The summed E-state index contributed by atoms with van der Waals surface area (Å²) >= 11 is 0. The molecule has 3 atom stereocenters. The normalized spacial score (nSPS) is 17.5. The highest BCUT2D eigenvalue weighted by Crippen LogP contribution is 2.30. The van der Waals surface area contributed by atoms with Crippen LogP contribution in [0.2, 0.25) is 0 Å². The number of nitrogen functional groups attached to an aromatic ring is 1. The third-order valence-corrected chi connectivity index (χ3v) is 5.97. The molecule has 1 unspecified atom stereocenters. The van der Waals surface area contributed by atoms with E-state index in [1.807, 2.05) is 18.2 Å². The van der Waals surface area contributed by atoms with Crippen molar-refractivity contribution in [3.63, 3.8) is 0 Å². The number of hydrogen-bond acceptors (Lipinski definition) is 7. The minimum atomic E-state index is -0.566. The fourth-order valence-corrected chi connectivity index (χ4v) is 4.18. The number of carbonyl (C=O) groups is 2. The van der Waals surface area contributed by atoms with E-state index >= 15 is 0 Å². The van der Waals surface area contributed by atoms with E-state index in [0.717, 1.165) is 16.3 Å². The highest BCUT2D eigenvalue weighted by molar-refractivity contribution is 5.99. The van der Waals surface area contributed by atoms with Gasteiger partial charge in [0, 0.05) is 35.7 Å². The first-order valence-electron chi connectivity index (χ1n) is 11.2. The molecule has 1 aromatic heterocycles. The number of rotatable bonds is 9. The van der Waals surface area contributed by atoms with E-state index in [0.29, 0.717) is 36.5 Å². The molecule has 0 spiro atoms. The van der Waals surface area contributed by atoms with Crippen LogP contribution in [0.5, 0.6) is 5.75 Å². The minimum Gasteiger partial charge on any atom is -0.489 e. The number of furan rings is 1. The topological polar surface area (TPSA) is 154 Å². The first-order chi connectivity index (χ1) is 16.4. The van der Waals surface area contributed by atoms with Gasteiger partial charge in [0.05, 0.1) is 24.8 Å². The molecular formula is C25H30Cl2N4O5. The van der Waals surface area contributed by atoms with Crippen molar-refractivity contribution in [1.29, 1.82) is 5.41 Å². The van der Waals surface area contributed by atoms with E-state index in [9.17, 15) is 9.59 Å². The Bertz CT molecular complexity index is 1210. The molecular weight excluding hydrogens is 507 g/mol. The molecule has 4 rings (SSSR count). The summed E-state index contributed by atoms with van der Waals surface area (Å²) in [5.74, 6) is -0.0216. The van der Waals surface area contributed by atoms with Crippen molar-refractivity contribution in [3.8, 4) is 5.75 Å². The smallest absolute Gasteiger partial charge is 0.313 e. The number of nitrogens with two attached hydrogens (primary N) is 2. The number of halogens is 2. The molecule has 2 aromatic carbocycles. The maximum Gasteiger partial charge on any atom is 0.313 e. The third-order valence-electron chi connectivity index (χ3n) is 5.97. The molecule has 194 valence electrons. The number of primary amides is 1. The molecule has 0 saturated carbocycles. The Balaban J connectivity index is 0.00000228. The van der Waals surface area contributed by atoms with Gasteiger partial charge in [0.25, 0.3) is 0 Å². The second-order valence-electron chi connectivity index (χ2n) is 8.29. The SMILES string of the molecule is CCOC(=O)C(Cc1occ2cc(C(=N)N)ccc12)c1ccc(O[C@@H]2CN[C@H](C(N)=O)C2)cc1.Cl.Cl. The Kier molecular flexibility index (Phi) is 10.2. The Morgan fingerprint density at radius 3 is 2.50 bits per heavy atom. The molecule has 3 aromatic rings. The fourth-order valence-electron chi connectivity index (χ4n) is 4.18. The molecule has 2 heterocycles. The van der Waals surface area contributed by atoms with Crippen LogP contribution in [0.25, 0.3) is 10.8 Å². The lowest BCUT2D eigenvalue weighted by Crippen LogP contribution is -2.36. The first kappa shape index (κ1) is 29.0. The molecule has 1 aliphatic heterocycles. The summed E-state index contributed by atoms with van der Waals surface area (Å²) in [6.45, 7) is 2.58. The van der Waals surface area contributed by atoms with Crippen LogP contribution in [-0.4, -0.2) is 43.0 Å². The number of nitrogens with one attached hydrogen (secondary N) is 2. The molecule has 0 radical (unpaired) electrons. The van der Waals surface area contributed by atoms with E-state index in [4.69, 9.17) is 30.8 Å². The highest BCUT2D eigenvalue weighted by Gasteiger charge is 2.29. The number of esters is 1. The summed E-state index contributed by atoms with van der Waals surface area (Å²) in [4.78, 5) is 24.2. The fraction of sp³-hybridized carbons (Fsp3) is 0.320. The van der Waals surface area contributed by atoms with Gasteiger partial charge in [-0.3, -0.25) is 15.0 Å². The Hall–Kier alpha value is -3.27. The number of carbonyl (C=O) groups excluding carboxylic acids is 2. The molecule has 11 heteroatoms. The maximum atomic E-state index is 12.8. The summed E-state index contributed by atoms with van der Waals surface area (Å²) in [6, 6.07) is 12.3. The number of benzene rings is 2. The van der Waals surface area contributed by atoms with Crippen LogP contribution < -0.4 is 21.5 Å². The van der Waals surface area contributed by atoms with Gasteiger partial charge in [-0.15, -0.1) is 24.8 Å². The van der Waals surface area contributed by atoms with Crippen molar-refractivity contribution in [2.24, 2.45) is 11.5 Å². The van der Waals surface area contributed by atoms with E-state index in [1.54, 1.807) is 37.5 Å². The summed E-state index contributed by atoms with van der Waals surface area (Å²) in [5.41, 5.74) is 12.3. The quantitative estimate of drug-likeness (QED) is 0.186. The highest BCUT2D eigenvalue weighted by atomic mass is 35.5. The first-order valence-corrected chi connectivity index (χ1v) is 11.2. The summed E-state index contributed by atoms with van der Waals surface area (Å²) in [7, 11) is 0. The number of hydrogen-bond donors (Lipinski definition) is 4. The zero-order chi connectivity index (χ0) is 24.2. The Labute approximate surface area is 221 Å². The van der Waals surface area contributed by atoms with Gasteiger partial charge in [-0.25, -0.2) is 0 Å². The van der Waals surface area contributed by atoms with E-state index < -0.39 is 5.92 Å². The lowest BCUT2D eigenvalue weighted by atomic mass is 9.93. The van der Waals surface area contributed by atoms with E-state index in [1.165, 1.54) is 0 Å². The monoisotopic (exact) mass is 536 g/mol. The summed E-state index contributed by atoms with van der Waals surface area (Å²) in [6.07, 6.45) is 2.28. The van der Waals surface area contributed by atoms with Crippen LogP contribution in [0.4, 0.5) is 0 Å². The number of ether oxygens (including phenoxy) is 2. The molecule has 1 aliphatic rings.